The minimum atomic E-state index is -0.608. The van der Waals surface area contributed by atoms with Crippen LogP contribution in [0.25, 0.3) is 0 Å². The first-order valence-electron chi connectivity index (χ1n) is 4.37. The Morgan fingerprint density at radius 1 is 1.79 bits per heavy atom. The van der Waals surface area contributed by atoms with Crippen LogP contribution in [0.1, 0.15) is 11.3 Å². The number of ether oxygens (including phenoxy) is 1. The van der Waals surface area contributed by atoms with Crippen molar-refractivity contribution in [2.45, 2.75) is 19.4 Å². The van der Waals surface area contributed by atoms with Gasteiger partial charge in [-0.25, -0.2) is 0 Å². The first-order valence-corrected chi connectivity index (χ1v) is 4.37. The van der Waals surface area contributed by atoms with Crippen LogP contribution in [0.4, 0.5) is 0 Å². The van der Waals surface area contributed by atoms with Crippen LogP contribution in [0.3, 0.4) is 0 Å². The van der Waals surface area contributed by atoms with Crippen LogP contribution in [-0.2, 0) is 23.0 Å². The number of aromatic nitrogens is 2. The van der Waals surface area contributed by atoms with Crippen LogP contribution in [0.2, 0.25) is 0 Å². The summed E-state index contributed by atoms with van der Waals surface area (Å²) in [6, 6.07) is -0.608. The SMILES string of the molecule is COC(=O)C(N)Cc1cn(C)nc1C. The lowest BCUT2D eigenvalue weighted by Gasteiger charge is -2.07. The number of nitrogens with two attached hydrogens (primary N) is 1. The molecule has 0 aromatic carbocycles. The maximum atomic E-state index is 11.1. The largest absolute Gasteiger partial charge is 0.468 e. The zero-order valence-electron chi connectivity index (χ0n) is 8.65. The molecule has 5 nitrogen and oxygen atoms in total. The average Bonchev–Trinajstić information content (AvgIpc) is 2.44. The van der Waals surface area contributed by atoms with E-state index in [2.05, 4.69) is 9.84 Å². The molecule has 1 aromatic heterocycles. The summed E-state index contributed by atoms with van der Waals surface area (Å²) in [5, 5.41) is 4.16. The van der Waals surface area contributed by atoms with E-state index >= 15 is 0 Å². The van der Waals surface area contributed by atoms with Gasteiger partial charge in [0.15, 0.2) is 0 Å². The van der Waals surface area contributed by atoms with Crippen molar-refractivity contribution in [1.29, 1.82) is 0 Å². The molecule has 0 fully saturated rings. The highest BCUT2D eigenvalue weighted by Crippen LogP contribution is 2.07. The number of methoxy groups -OCH3 is 1. The predicted octanol–water partition coefficient (Wildman–Crippen LogP) is -0.229. The third-order valence-corrected chi connectivity index (χ3v) is 2.06. The van der Waals surface area contributed by atoms with Crippen molar-refractivity contribution < 1.29 is 9.53 Å². The molecule has 0 bridgehead atoms. The quantitative estimate of drug-likeness (QED) is 0.679. The average molecular weight is 197 g/mol. The summed E-state index contributed by atoms with van der Waals surface area (Å²) < 4.78 is 6.24. The number of nitrogens with zero attached hydrogens (tertiary/aromatic N) is 2. The number of hydrogen-bond donors (Lipinski definition) is 1. The van der Waals surface area contributed by atoms with Crippen molar-refractivity contribution in [3.63, 3.8) is 0 Å². The van der Waals surface area contributed by atoms with E-state index in [1.54, 1.807) is 4.68 Å². The van der Waals surface area contributed by atoms with Gasteiger partial charge in [0.2, 0.25) is 0 Å². The summed E-state index contributed by atoms with van der Waals surface area (Å²) in [5.41, 5.74) is 7.50. The summed E-state index contributed by atoms with van der Waals surface area (Å²) >= 11 is 0. The van der Waals surface area contributed by atoms with Crippen LogP contribution in [0.15, 0.2) is 6.20 Å². The second-order valence-corrected chi connectivity index (χ2v) is 3.25. The molecular weight excluding hydrogens is 182 g/mol. The fraction of sp³-hybridized carbons (Fsp3) is 0.556. The van der Waals surface area contributed by atoms with Crippen LogP contribution < -0.4 is 5.73 Å². The molecule has 0 saturated carbocycles. The molecule has 78 valence electrons. The Morgan fingerprint density at radius 2 is 2.43 bits per heavy atom. The fourth-order valence-electron chi connectivity index (χ4n) is 1.32. The standard InChI is InChI=1S/C9H15N3O2/c1-6-7(5-12(2)11-6)4-8(10)9(13)14-3/h5,8H,4,10H2,1-3H3. The van der Waals surface area contributed by atoms with E-state index in [0.29, 0.717) is 6.42 Å². The Morgan fingerprint density at radius 3 is 2.86 bits per heavy atom. The zero-order chi connectivity index (χ0) is 10.7. The summed E-state index contributed by atoms with van der Waals surface area (Å²) in [4.78, 5) is 11.1. The van der Waals surface area contributed by atoms with Gasteiger partial charge in [-0.1, -0.05) is 0 Å². The Balaban J connectivity index is 2.69. The molecule has 2 N–H and O–H groups in total. The molecule has 14 heavy (non-hydrogen) atoms. The van der Waals surface area contributed by atoms with Crippen molar-refractivity contribution in [2.24, 2.45) is 12.8 Å². The molecule has 1 atom stereocenters. The molecule has 1 aromatic rings. The van der Waals surface area contributed by atoms with E-state index in [-0.39, 0.29) is 0 Å². The molecule has 0 aliphatic carbocycles. The second-order valence-electron chi connectivity index (χ2n) is 3.25. The minimum Gasteiger partial charge on any atom is -0.468 e. The van der Waals surface area contributed by atoms with Crippen LogP contribution >= 0.6 is 0 Å². The van der Waals surface area contributed by atoms with Crippen molar-refractivity contribution >= 4 is 5.97 Å². The highest BCUT2D eigenvalue weighted by molar-refractivity contribution is 5.75. The molecule has 0 spiro atoms. The summed E-state index contributed by atoms with van der Waals surface area (Å²) in [7, 11) is 3.17. The van der Waals surface area contributed by atoms with Gasteiger partial charge in [-0.2, -0.15) is 5.10 Å². The third-order valence-electron chi connectivity index (χ3n) is 2.06. The van der Waals surface area contributed by atoms with E-state index in [1.807, 2.05) is 20.2 Å². The van der Waals surface area contributed by atoms with Crippen LogP contribution in [0.5, 0.6) is 0 Å². The molecule has 5 heteroatoms. The highest BCUT2D eigenvalue weighted by atomic mass is 16.5. The Labute approximate surface area is 82.8 Å². The van der Waals surface area contributed by atoms with E-state index < -0.39 is 12.0 Å². The Bertz CT molecular complexity index is 333. The molecule has 1 heterocycles. The van der Waals surface area contributed by atoms with Crippen LogP contribution in [0, 0.1) is 6.92 Å². The van der Waals surface area contributed by atoms with Gasteiger partial charge in [0.25, 0.3) is 0 Å². The van der Waals surface area contributed by atoms with E-state index in [4.69, 9.17) is 5.73 Å². The summed E-state index contributed by atoms with van der Waals surface area (Å²) in [6.45, 7) is 1.89. The highest BCUT2D eigenvalue weighted by Gasteiger charge is 2.16. The minimum absolute atomic E-state index is 0.395. The third kappa shape index (κ3) is 2.32. The van der Waals surface area contributed by atoms with Gasteiger partial charge in [0.1, 0.15) is 6.04 Å². The maximum Gasteiger partial charge on any atom is 0.322 e. The van der Waals surface area contributed by atoms with Gasteiger partial charge in [0.05, 0.1) is 12.8 Å². The number of rotatable bonds is 3. The monoisotopic (exact) mass is 197 g/mol. The topological polar surface area (TPSA) is 70.1 Å². The van der Waals surface area contributed by atoms with Gasteiger partial charge < -0.3 is 10.5 Å². The normalized spacial score (nSPS) is 12.6. The lowest BCUT2D eigenvalue weighted by molar-refractivity contribution is -0.142. The summed E-state index contributed by atoms with van der Waals surface area (Å²) in [6.07, 6.45) is 2.32. The van der Waals surface area contributed by atoms with Gasteiger partial charge in [-0.3, -0.25) is 9.48 Å². The fourth-order valence-corrected chi connectivity index (χ4v) is 1.32. The van der Waals surface area contributed by atoms with Crippen molar-refractivity contribution in [1.82, 2.24) is 9.78 Å². The Hall–Kier alpha value is -1.36. The second kappa shape index (κ2) is 4.23. The lowest BCUT2D eigenvalue weighted by atomic mass is 10.1. The van der Waals surface area contributed by atoms with Gasteiger partial charge in [-0.15, -0.1) is 0 Å². The van der Waals surface area contributed by atoms with Crippen molar-refractivity contribution in [3.8, 4) is 0 Å². The number of esters is 1. The molecule has 0 radical (unpaired) electrons. The lowest BCUT2D eigenvalue weighted by Crippen LogP contribution is -2.33. The van der Waals surface area contributed by atoms with E-state index in [0.717, 1.165) is 11.3 Å². The van der Waals surface area contributed by atoms with Gasteiger partial charge >= 0.3 is 5.97 Å². The van der Waals surface area contributed by atoms with Crippen molar-refractivity contribution in [3.05, 3.63) is 17.5 Å². The first-order chi connectivity index (χ1) is 6.54. The molecule has 0 aliphatic heterocycles. The van der Waals surface area contributed by atoms with Crippen LogP contribution in [-0.4, -0.2) is 28.9 Å². The Kier molecular flexibility index (Phi) is 3.24. The van der Waals surface area contributed by atoms with Crippen molar-refractivity contribution in [2.75, 3.05) is 7.11 Å². The molecular formula is C9H15N3O2. The maximum absolute atomic E-state index is 11.1. The number of carbonyl (C=O) groups excluding carboxylic acids is 1. The molecule has 0 saturated heterocycles. The van der Waals surface area contributed by atoms with E-state index in [1.165, 1.54) is 7.11 Å². The molecule has 1 unspecified atom stereocenters. The van der Waals surface area contributed by atoms with E-state index in [9.17, 15) is 4.79 Å². The number of carbonyl (C=O) groups is 1. The predicted molar refractivity (Wildman–Crippen MR) is 51.6 cm³/mol. The molecule has 0 aliphatic rings. The zero-order valence-corrected chi connectivity index (χ0v) is 8.65. The van der Waals surface area contributed by atoms with Gasteiger partial charge in [0, 0.05) is 19.7 Å². The summed E-state index contributed by atoms with van der Waals surface area (Å²) in [5.74, 6) is -0.395. The number of aryl methyl sites for hydroxylation is 2. The molecule has 0 amide bonds. The van der Waals surface area contributed by atoms with Gasteiger partial charge in [-0.05, 0) is 12.5 Å². The number of hydrogen-bond acceptors (Lipinski definition) is 4. The smallest absolute Gasteiger partial charge is 0.322 e. The first kappa shape index (κ1) is 10.7. The molecule has 1 rings (SSSR count).